The Balaban J connectivity index is 2.18. The predicted molar refractivity (Wildman–Crippen MR) is 88.1 cm³/mol. The van der Waals surface area contributed by atoms with Gasteiger partial charge in [0.05, 0.1) is 3.79 Å². The topological polar surface area (TPSA) is 12.0 Å². The van der Waals surface area contributed by atoms with Gasteiger partial charge in [0.2, 0.25) is 0 Å². The average molecular weight is 338 g/mol. The van der Waals surface area contributed by atoms with Gasteiger partial charge < -0.3 is 5.32 Å². The summed E-state index contributed by atoms with van der Waals surface area (Å²) in [5.41, 5.74) is 4.03. The Morgan fingerprint density at radius 1 is 1.21 bits per heavy atom. The summed E-state index contributed by atoms with van der Waals surface area (Å²) >= 11 is 5.46. The number of halogens is 1. The molecule has 1 atom stereocenters. The summed E-state index contributed by atoms with van der Waals surface area (Å²) in [7, 11) is 0. The molecule has 1 heterocycles. The van der Waals surface area contributed by atoms with Crippen LogP contribution in [0.4, 0.5) is 0 Å². The number of benzene rings is 1. The van der Waals surface area contributed by atoms with Crippen LogP contribution in [0, 0.1) is 13.8 Å². The molecule has 0 fully saturated rings. The standard InChI is InChI=1S/C16H20BrNS/c1-4-18-14(15-9-12(3)16(17)19-15)10-13-7-5-11(2)6-8-13/h5-9,14,18H,4,10H2,1-3H3. The number of likely N-dealkylation sites (N-methyl/N-ethyl adjacent to an activating group) is 1. The number of hydrogen-bond acceptors (Lipinski definition) is 2. The maximum Gasteiger partial charge on any atom is 0.0731 e. The zero-order chi connectivity index (χ0) is 13.8. The molecule has 2 rings (SSSR count). The minimum absolute atomic E-state index is 0.405. The van der Waals surface area contributed by atoms with Gasteiger partial charge in [-0.25, -0.2) is 0 Å². The first-order chi connectivity index (χ1) is 9.10. The Morgan fingerprint density at radius 2 is 1.89 bits per heavy atom. The molecule has 1 N–H and O–H groups in total. The van der Waals surface area contributed by atoms with Gasteiger partial charge in [-0.2, -0.15) is 0 Å². The van der Waals surface area contributed by atoms with E-state index in [1.165, 1.54) is 25.4 Å². The molecule has 102 valence electrons. The lowest BCUT2D eigenvalue weighted by Crippen LogP contribution is -2.22. The molecule has 0 aliphatic rings. The van der Waals surface area contributed by atoms with Crippen molar-refractivity contribution in [3.05, 3.63) is 55.7 Å². The van der Waals surface area contributed by atoms with Crippen LogP contribution in [-0.4, -0.2) is 6.54 Å². The van der Waals surface area contributed by atoms with E-state index in [4.69, 9.17) is 0 Å². The molecule has 1 aromatic heterocycles. The van der Waals surface area contributed by atoms with Gasteiger partial charge >= 0.3 is 0 Å². The molecule has 0 radical (unpaired) electrons. The highest BCUT2D eigenvalue weighted by Gasteiger charge is 2.15. The Bertz CT molecular complexity index is 511. The molecule has 1 aromatic carbocycles. The van der Waals surface area contributed by atoms with Crippen molar-refractivity contribution < 1.29 is 0 Å². The number of rotatable bonds is 5. The zero-order valence-corrected chi connectivity index (χ0v) is 14.1. The smallest absolute Gasteiger partial charge is 0.0731 e. The fraction of sp³-hybridized carbons (Fsp3) is 0.375. The van der Waals surface area contributed by atoms with Crippen LogP contribution in [0.15, 0.2) is 34.1 Å². The lowest BCUT2D eigenvalue weighted by atomic mass is 10.0. The molecule has 19 heavy (non-hydrogen) atoms. The summed E-state index contributed by atoms with van der Waals surface area (Å²) in [6.45, 7) is 7.44. The Kier molecular flexibility index (Phi) is 5.20. The van der Waals surface area contributed by atoms with Gasteiger partial charge in [0.25, 0.3) is 0 Å². The normalized spacial score (nSPS) is 12.6. The van der Waals surface area contributed by atoms with E-state index in [9.17, 15) is 0 Å². The molecule has 0 saturated heterocycles. The molecule has 3 heteroatoms. The molecule has 0 bridgehead atoms. The third-order valence-corrected chi connectivity index (χ3v) is 5.48. The van der Waals surface area contributed by atoms with Crippen molar-refractivity contribution in [2.24, 2.45) is 0 Å². The summed E-state index contributed by atoms with van der Waals surface area (Å²) in [4.78, 5) is 1.41. The van der Waals surface area contributed by atoms with Crippen LogP contribution in [0.2, 0.25) is 0 Å². The van der Waals surface area contributed by atoms with E-state index in [2.05, 4.69) is 72.3 Å². The van der Waals surface area contributed by atoms with Crippen molar-refractivity contribution in [3.63, 3.8) is 0 Å². The van der Waals surface area contributed by atoms with Gasteiger partial charge in [-0.1, -0.05) is 36.8 Å². The van der Waals surface area contributed by atoms with Crippen LogP contribution in [0.25, 0.3) is 0 Å². The van der Waals surface area contributed by atoms with E-state index >= 15 is 0 Å². The van der Waals surface area contributed by atoms with Crippen molar-refractivity contribution in [2.45, 2.75) is 33.2 Å². The number of hydrogen-bond donors (Lipinski definition) is 1. The van der Waals surface area contributed by atoms with Crippen LogP contribution in [0.3, 0.4) is 0 Å². The molecule has 0 aliphatic heterocycles. The van der Waals surface area contributed by atoms with Gasteiger partial charge in [-0.15, -0.1) is 11.3 Å². The second-order valence-electron chi connectivity index (χ2n) is 4.91. The average Bonchev–Trinajstić information content (AvgIpc) is 2.72. The summed E-state index contributed by atoms with van der Waals surface area (Å²) in [6.07, 6.45) is 1.04. The van der Waals surface area contributed by atoms with Crippen molar-refractivity contribution in [3.8, 4) is 0 Å². The SMILES string of the molecule is CCNC(Cc1ccc(C)cc1)c1cc(C)c(Br)s1. The number of aryl methyl sites for hydroxylation is 2. The minimum Gasteiger partial charge on any atom is -0.309 e. The maximum atomic E-state index is 3.62. The monoisotopic (exact) mass is 337 g/mol. The molecular formula is C16H20BrNS. The first-order valence-electron chi connectivity index (χ1n) is 6.65. The maximum absolute atomic E-state index is 3.62. The predicted octanol–water partition coefficient (Wildman–Crippen LogP) is 5.02. The van der Waals surface area contributed by atoms with E-state index in [0.717, 1.165) is 13.0 Å². The molecule has 1 nitrogen and oxygen atoms in total. The molecule has 0 spiro atoms. The Hall–Kier alpha value is -0.640. The fourth-order valence-electron chi connectivity index (χ4n) is 2.13. The zero-order valence-electron chi connectivity index (χ0n) is 11.7. The number of thiophene rings is 1. The molecule has 0 saturated carbocycles. The highest BCUT2D eigenvalue weighted by molar-refractivity contribution is 9.11. The van der Waals surface area contributed by atoms with E-state index < -0.39 is 0 Å². The van der Waals surface area contributed by atoms with Crippen molar-refractivity contribution in [2.75, 3.05) is 6.54 Å². The largest absolute Gasteiger partial charge is 0.309 e. The van der Waals surface area contributed by atoms with Crippen molar-refractivity contribution in [1.29, 1.82) is 0 Å². The molecule has 0 amide bonds. The van der Waals surface area contributed by atoms with Crippen LogP contribution in [-0.2, 0) is 6.42 Å². The van der Waals surface area contributed by atoms with E-state index in [-0.39, 0.29) is 0 Å². The van der Waals surface area contributed by atoms with Gasteiger partial charge in [0.1, 0.15) is 0 Å². The second-order valence-corrected chi connectivity index (χ2v) is 7.31. The van der Waals surface area contributed by atoms with Gasteiger partial charge in [0.15, 0.2) is 0 Å². The summed E-state index contributed by atoms with van der Waals surface area (Å²) in [6, 6.07) is 11.5. The van der Waals surface area contributed by atoms with E-state index in [0.29, 0.717) is 6.04 Å². The fourth-order valence-corrected chi connectivity index (χ4v) is 3.78. The second kappa shape index (κ2) is 6.69. The highest BCUT2D eigenvalue weighted by Crippen LogP contribution is 2.32. The number of nitrogens with one attached hydrogen (secondary N) is 1. The van der Waals surface area contributed by atoms with Crippen LogP contribution in [0.5, 0.6) is 0 Å². The summed E-state index contributed by atoms with van der Waals surface area (Å²) in [5.74, 6) is 0. The minimum atomic E-state index is 0.405. The lowest BCUT2D eigenvalue weighted by Gasteiger charge is -2.16. The van der Waals surface area contributed by atoms with E-state index in [1.54, 1.807) is 0 Å². The first-order valence-corrected chi connectivity index (χ1v) is 8.26. The summed E-state index contributed by atoms with van der Waals surface area (Å²) < 4.78 is 1.24. The van der Waals surface area contributed by atoms with Crippen molar-refractivity contribution in [1.82, 2.24) is 5.32 Å². The molecule has 1 unspecified atom stereocenters. The highest BCUT2D eigenvalue weighted by atomic mass is 79.9. The van der Waals surface area contributed by atoms with E-state index in [1.807, 2.05) is 11.3 Å². The third-order valence-electron chi connectivity index (χ3n) is 3.23. The van der Waals surface area contributed by atoms with Crippen LogP contribution in [0.1, 0.15) is 34.5 Å². The van der Waals surface area contributed by atoms with Crippen LogP contribution >= 0.6 is 27.3 Å². The van der Waals surface area contributed by atoms with Crippen molar-refractivity contribution >= 4 is 27.3 Å². The van der Waals surface area contributed by atoms with Gasteiger partial charge in [-0.05, 0) is 59.9 Å². The third kappa shape index (κ3) is 3.91. The molecule has 0 aliphatic carbocycles. The Morgan fingerprint density at radius 3 is 2.42 bits per heavy atom. The summed E-state index contributed by atoms with van der Waals surface area (Å²) in [5, 5.41) is 3.59. The lowest BCUT2D eigenvalue weighted by molar-refractivity contribution is 0.558. The quantitative estimate of drug-likeness (QED) is 0.807. The first kappa shape index (κ1) is 14.8. The van der Waals surface area contributed by atoms with Gasteiger partial charge in [-0.3, -0.25) is 0 Å². The van der Waals surface area contributed by atoms with Gasteiger partial charge in [0, 0.05) is 10.9 Å². The Labute approximate surface area is 128 Å². The molecule has 2 aromatic rings. The molecular weight excluding hydrogens is 318 g/mol. The van der Waals surface area contributed by atoms with Crippen LogP contribution < -0.4 is 5.32 Å².